The van der Waals surface area contributed by atoms with Crippen molar-refractivity contribution < 1.29 is 9.59 Å². The predicted molar refractivity (Wildman–Crippen MR) is 63.6 cm³/mol. The molecule has 0 fully saturated rings. The molecule has 0 heterocycles. The van der Waals surface area contributed by atoms with Gasteiger partial charge >= 0.3 is 0 Å². The van der Waals surface area contributed by atoms with Gasteiger partial charge in [0.15, 0.2) is 17.3 Å². The maximum atomic E-state index is 11.1. The maximum absolute atomic E-state index is 11.1. The van der Waals surface area contributed by atoms with Crippen LogP contribution in [-0.4, -0.2) is 17.3 Å². The SMILES string of the molecule is CC(=O)C(=NNc1ccc(C)cc1)C(C)=O. The predicted octanol–water partition coefficient (Wildman–Crippen LogP) is 1.94. The normalized spacial score (nSPS) is 9.44. The minimum Gasteiger partial charge on any atom is -0.293 e. The van der Waals surface area contributed by atoms with Crippen molar-refractivity contribution in [1.82, 2.24) is 0 Å². The number of aryl methyl sites for hydroxylation is 1. The van der Waals surface area contributed by atoms with Crippen LogP contribution in [-0.2, 0) is 9.59 Å². The lowest BCUT2D eigenvalue weighted by atomic mass is 10.2. The Kier molecular flexibility index (Phi) is 3.94. The summed E-state index contributed by atoms with van der Waals surface area (Å²) in [7, 11) is 0. The summed E-state index contributed by atoms with van der Waals surface area (Å²) in [6.07, 6.45) is 0. The van der Waals surface area contributed by atoms with Crippen LogP contribution < -0.4 is 5.43 Å². The number of ketones is 2. The number of rotatable bonds is 4. The Morgan fingerprint density at radius 1 is 1.06 bits per heavy atom. The summed E-state index contributed by atoms with van der Waals surface area (Å²) in [4.78, 5) is 22.1. The van der Waals surface area contributed by atoms with E-state index in [9.17, 15) is 9.59 Å². The van der Waals surface area contributed by atoms with E-state index in [1.807, 2.05) is 31.2 Å². The Hall–Kier alpha value is -1.97. The molecule has 0 aliphatic heterocycles. The molecule has 4 heteroatoms. The molecule has 0 atom stereocenters. The third kappa shape index (κ3) is 3.31. The summed E-state index contributed by atoms with van der Waals surface area (Å²) < 4.78 is 0. The van der Waals surface area contributed by atoms with Crippen LogP contribution in [0, 0.1) is 6.92 Å². The number of nitrogens with zero attached hydrogens (tertiary/aromatic N) is 1. The maximum Gasteiger partial charge on any atom is 0.183 e. The first-order valence-corrected chi connectivity index (χ1v) is 4.93. The monoisotopic (exact) mass is 218 g/mol. The first-order valence-electron chi connectivity index (χ1n) is 4.93. The van der Waals surface area contributed by atoms with Crippen LogP contribution in [0.4, 0.5) is 5.69 Å². The van der Waals surface area contributed by atoms with Gasteiger partial charge in [0, 0.05) is 13.8 Å². The molecule has 0 amide bonds. The van der Waals surface area contributed by atoms with Crippen LogP contribution in [0.3, 0.4) is 0 Å². The first-order chi connectivity index (χ1) is 7.50. The standard InChI is InChI=1S/C12H14N2O2/c1-8-4-6-11(7-5-8)13-14-12(9(2)15)10(3)16/h4-7,13H,1-3H3. The molecule has 1 N–H and O–H groups in total. The minimum atomic E-state index is -0.341. The van der Waals surface area contributed by atoms with Gasteiger partial charge in [-0.3, -0.25) is 15.0 Å². The van der Waals surface area contributed by atoms with Crippen molar-refractivity contribution in [2.75, 3.05) is 5.43 Å². The molecule has 0 aromatic heterocycles. The van der Waals surface area contributed by atoms with Crippen molar-refractivity contribution in [1.29, 1.82) is 0 Å². The second-order valence-electron chi connectivity index (χ2n) is 3.55. The topological polar surface area (TPSA) is 58.5 Å². The average molecular weight is 218 g/mol. The van der Waals surface area contributed by atoms with Crippen molar-refractivity contribution in [3.05, 3.63) is 29.8 Å². The third-order valence-corrected chi connectivity index (χ3v) is 2.02. The molecular weight excluding hydrogens is 204 g/mol. The van der Waals surface area contributed by atoms with Crippen LogP contribution >= 0.6 is 0 Å². The zero-order chi connectivity index (χ0) is 12.1. The van der Waals surface area contributed by atoms with E-state index in [0.29, 0.717) is 0 Å². The van der Waals surface area contributed by atoms with E-state index in [-0.39, 0.29) is 17.3 Å². The zero-order valence-electron chi connectivity index (χ0n) is 9.57. The lowest BCUT2D eigenvalue weighted by Gasteiger charge is -2.02. The van der Waals surface area contributed by atoms with Gasteiger partial charge in [-0.2, -0.15) is 5.10 Å². The Morgan fingerprint density at radius 2 is 1.56 bits per heavy atom. The van der Waals surface area contributed by atoms with Crippen LogP contribution in [0.1, 0.15) is 19.4 Å². The molecule has 0 spiro atoms. The van der Waals surface area contributed by atoms with Gasteiger partial charge in [-0.1, -0.05) is 17.7 Å². The molecule has 0 bridgehead atoms. The average Bonchev–Trinajstić information content (AvgIpc) is 2.20. The molecule has 0 aliphatic rings. The number of carbonyl (C=O) groups is 2. The summed E-state index contributed by atoms with van der Waals surface area (Å²) in [5.41, 5.74) is 4.49. The van der Waals surface area contributed by atoms with E-state index in [1.54, 1.807) is 0 Å². The number of carbonyl (C=O) groups excluding carboxylic acids is 2. The van der Waals surface area contributed by atoms with Gasteiger partial charge in [-0.05, 0) is 19.1 Å². The highest BCUT2D eigenvalue weighted by Crippen LogP contribution is 2.08. The molecule has 0 saturated carbocycles. The van der Waals surface area contributed by atoms with E-state index in [4.69, 9.17) is 0 Å². The van der Waals surface area contributed by atoms with E-state index in [2.05, 4.69) is 10.5 Å². The Labute approximate surface area is 94.4 Å². The Balaban J connectivity index is 2.81. The number of hydrogen-bond donors (Lipinski definition) is 1. The van der Waals surface area contributed by atoms with Gasteiger partial charge in [0.05, 0.1) is 5.69 Å². The van der Waals surface area contributed by atoms with E-state index in [0.717, 1.165) is 11.3 Å². The van der Waals surface area contributed by atoms with Gasteiger partial charge in [-0.15, -0.1) is 0 Å². The molecule has 0 radical (unpaired) electrons. The van der Waals surface area contributed by atoms with Gasteiger partial charge in [0.25, 0.3) is 0 Å². The van der Waals surface area contributed by atoms with Crippen molar-refractivity contribution in [2.45, 2.75) is 20.8 Å². The molecule has 1 rings (SSSR count). The first kappa shape index (κ1) is 12.1. The van der Waals surface area contributed by atoms with Crippen LogP contribution in [0.2, 0.25) is 0 Å². The Bertz CT molecular complexity index is 417. The molecule has 1 aromatic carbocycles. The summed E-state index contributed by atoms with van der Waals surface area (Å²) in [6.45, 7) is 4.61. The van der Waals surface area contributed by atoms with Crippen molar-refractivity contribution in [3.8, 4) is 0 Å². The quantitative estimate of drug-likeness (QED) is 0.477. The summed E-state index contributed by atoms with van der Waals surface area (Å²) in [5.74, 6) is -0.681. The molecule has 4 nitrogen and oxygen atoms in total. The summed E-state index contributed by atoms with van der Waals surface area (Å²) >= 11 is 0. The van der Waals surface area contributed by atoms with Crippen molar-refractivity contribution in [2.24, 2.45) is 5.10 Å². The van der Waals surface area contributed by atoms with Crippen LogP contribution in [0.5, 0.6) is 0 Å². The largest absolute Gasteiger partial charge is 0.293 e. The molecule has 84 valence electrons. The Morgan fingerprint density at radius 3 is 2.00 bits per heavy atom. The molecular formula is C12H14N2O2. The highest BCUT2D eigenvalue weighted by molar-refractivity contribution is 6.65. The molecule has 0 aliphatic carbocycles. The third-order valence-electron chi connectivity index (χ3n) is 2.02. The lowest BCUT2D eigenvalue weighted by Crippen LogP contribution is -2.20. The van der Waals surface area contributed by atoms with Gasteiger partial charge < -0.3 is 0 Å². The highest BCUT2D eigenvalue weighted by atomic mass is 16.1. The molecule has 0 unspecified atom stereocenters. The summed E-state index contributed by atoms with van der Waals surface area (Å²) in [5, 5.41) is 3.79. The van der Waals surface area contributed by atoms with E-state index >= 15 is 0 Å². The van der Waals surface area contributed by atoms with Gasteiger partial charge in [0.1, 0.15) is 0 Å². The van der Waals surface area contributed by atoms with E-state index < -0.39 is 0 Å². The fourth-order valence-corrected chi connectivity index (χ4v) is 1.15. The number of benzene rings is 1. The fourth-order valence-electron chi connectivity index (χ4n) is 1.15. The van der Waals surface area contributed by atoms with Gasteiger partial charge in [0.2, 0.25) is 0 Å². The van der Waals surface area contributed by atoms with Crippen molar-refractivity contribution in [3.63, 3.8) is 0 Å². The number of anilines is 1. The van der Waals surface area contributed by atoms with Gasteiger partial charge in [-0.25, -0.2) is 0 Å². The summed E-state index contributed by atoms with van der Waals surface area (Å²) in [6, 6.07) is 7.49. The second-order valence-corrected chi connectivity index (χ2v) is 3.55. The molecule has 16 heavy (non-hydrogen) atoms. The molecule has 0 saturated heterocycles. The zero-order valence-corrected chi connectivity index (χ0v) is 9.57. The fraction of sp³-hybridized carbons (Fsp3) is 0.250. The second kappa shape index (κ2) is 5.21. The van der Waals surface area contributed by atoms with Crippen LogP contribution in [0.25, 0.3) is 0 Å². The van der Waals surface area contributed by atoms with Crippen LogP contribution in [0.15, 0.2) is 29.4 Å². The highest BCUT2D eigenvalue weighted by Gasteiger charge is 2.11. The van der Waals surface area contributed by atoms with E-state index in [1.165, 1.54) is 13.8 Å². The number of Topliss-reactive ketones (excluding diaryl/α,β-unsaturated/α-hetero) is 2. The molecule has 1 aromatic rings. The number of nitrogens with one attached hydrogen (secondary N) is 1. The number of hydrogen-bond acceptors (Lipinski definition) is 4. The minimum absolute atomic E-state index is 0.0689. The van der Waals surface area contributed by atoms with Crippen molar-refractivity contribution >= 4 is 23.0 Å². The smallest absolute Gasteiger partial charge is 0.183 e. The number of hydrazone groups is 1. The lowest BCUT2D eigenvalue weighted by molar-refractivity contribution is -0.114.